The van der Waals surface area contributed by atoms with Crippen molar-refractivity contribution >= 4 is 29.7 Å². The number of aryl methyl sites for hydroxylation is 1. The molecule has 1 amide bonds. The zero-order valence-electron chi connectivity index (χ0n) is 12.6. The maximum absolute atomic E-state index is 11.8. The highest BCUT2D eigenvalue weighted by atomic mass is 35.5. The van der Waals surface area contributed by atoms with E-state index in [1.54, 1.807) is 4.57 Å². The summed E-state index contributed by atoms with van der Waals surface area (Å²) in [6.45, 7) is 7.16. The van der Waals surface area contributed by atoms with Crippen LogP contribution in [0.4, 0.5) is 0 Å². The lowest BCUT2D eigenvalue weighted by atomic mass is 10.00. The third-order valence-electron chi connectivity index (χ3n) is 3.92. The number of nitrogens with zero attached hydrogens (tertiary/aromatic N) is 1. The molecule has 1 aliphatic heterocycles. The molecule has 7 heteroatoms. The topological polar surface area (TPSA) is 63.1 Å². The highest BCUT2D eigenvalue weighted by Gasteiger charge is 2.14. The second-order valence-electron chi connectivity index (χ2n) is 5.43. The molecule has 1 aliphatic rings. The number of carbonyl (C=O) groups excluding carboxylic acids is 1. The van der Waals surface area contributed by atoms with E-state index in [4.69, 9.17) is 0 Å². The second-order valence-corrected chi connectivity index (χ2v) is 6.59. The van der Waals surface area contributed by atoms with E-state index in [1.807, 2.05) is 13.8 Å². The van der Waals surface area contributed by atoms with Gasteiger partial charge in [0.15, 0.2) is 0 Å². The Balaban J connectivity index is 0.00000220. The molecule has 1 atom stereocenters. The number of aromatic nitrogens is 1. The number of piperidine rings is 1. The quantitative estimate of drug-likeness (QED) is 0.857. The van der Waals surface area contributed by atoms with Crippen LogP contribution in [0.2, 0.25) is 0 Å². The van der Waals surface area contributed by atoms with E-state index in [1.165, 1.54) is 24.2 Å². The first-order valence-electron chi connectivity index (χ1n) is 7.22. The molecule has 0 bridgehead atoms. The average Bonchev–Trinajstić information content (AvgIpc) is 2.69. The molecule has 1 aromatic heterocycles. The van der Waals surface area contributed by atoms with Gasteiger partial charge in [-0.25, -0.2) is 0 Å². The molecule has 1 aromatic rings. The second kappa shape index (κ2) is 8.56. The highest BCUT2D eigenvalue weighted by molar-refractivity contribution is 7.09. The predicted octanol–water partition coefficient (Wildman–Crippen LogP) is 1.45. The van der Waals surface area contributed by atoms with Gasteiger partial charge in [0.1, 0.15) is 0 Å². The van der Waals surface area contributed by atoms with Gasteiger partial charge in [-0.1, -0.05) is 11.3 Å². The average molecular weight is 334 g/mol. The summed E-state index contributed by atoms with van der Waals surface area (Å²) >= 11 is 1.25. The van der Waals surface area contributed by atoms with Crippen LogP contribution in [0.5, 0.6) is 0 Å². The van der Waals surface area contributed by atoms with Crippen LogP contribution in [-0.2, 0) is 11.3 Å². The van der Waals surface area contributed by atoms with Crippen molar-refractivity contribution in [1.82, 2.24) is 15.2 Å². The van der Waals surface area contributed by atoms with Gasteiger partial charge < -0.3 is 15.2 Å². The van der Waals surface area contributed by atoms with Gasteiger partial charge in [0.2, 0.25) is 5.91 Å². The fraction of sp³-hybridized carbons (Fsp3) is 0.714. The van der Waals surface area contributed by atoms with E-state index in [0.717, 1.165) is 30.2 Å². The van der Waals surface area contributed by atoms with Crippen LogP contribution in [0.15, 0.2) is 4.79 Å². The number of carbonyl (C=O) groups is 1. The fourth-order valence-corrected chi connectivity index (χ4v) is 3.36. The normalized spacial score (nSPS) is 18.1. The highest BCUT2D eigenvalue weighted by Crippen LogP contribution is 2.10. The molecule has 2 heterocycles. The molecule has 2 rings (SSSR count). The standard InChI is InChI=1S/C14H23N3O2S.ClH/c1-10-11(2)20-14(19)17(10)7-5-13(18)16-9-12-4-3-6-15-8-12;/h12,15H,3-9H2,1-2H3,(H,16,18);1H. The van der Waals surface area contributed by atoms with E-state index in [-0.39, 0.29) is 23.2 Å². The van der Waals surface area contributed by atoms with E-state index < -0.39 is 0 Å². The van der Waals surface area contributed by atoms with Crippen LogP contribution in [0.1, 0.15) is 29.8 Å². The first-order valence-corrected chi connectivity index (χ1v) is 8.04. The Bertz CT molecular complexity index is 521. The van der Waals surface area contributed by atoms with E-state index in [9.17, 15) is 9.59 Å². The lowest BCUT2D eigenvalue weighted by Gasteiger charge is -2.22. The number of hydrogen-bond acceptors (Lipinski definition) is 4. The van der Waals surface area contributed by atoms with Gasteiger partial charge in [-0.05, 0) is 45.7 Å². The van der Waals surface area contributed by atoms with Crippen molar-refractivity contribution in [3.8, 4) is 0 Å². The van der Waals surface area contributed by atoms with Gasteiger partial charge in [-0.15, -0.1) is 12.4 Å². The molecule has 1 unspecified atom stereocenters. The van der Waals surface area contributed by atoms with Crippen molar-refractivity contribution in [2.45, 2.75) is 39.7 Å². The van der Waals surface area contributed by atoms with Gasteiger partial charge >= 0.3 is 4.87 Å². The number of halogens is 1. The zero-order valence-corrected chi connectivity index (χ0v) is 14.2. The predicted molar refractivity (Wildman–Crippen MR) is 88.5 cm³/mol. The Hall–Kier alpha value is -0.850. The SMILES string of the molecule is Cc1sc(=O)n(CCC(=O)NCC2CCCNC2)c1C.Cl. The van der Waals surface area contributed by atoms with Gasteiger partial charge in [-0.3, -0.25) is 9.59 Å². The Morgan fingerprint density at radius 1 is 1.48 bits per heavy atom. The Morgan fingerprint density at radius 3 is 2.81 bits per heavy atom. The maximum Gasteiger partial charge on any atom is 0.307 e. The summed E-state index contributed by atoms with van der Waals surface area (Å²) in [5, 5.41) is 6.32. The monoisotopic (exact) mass is 333 g/mol. The fourth-order valence-electron chi connectivity index (χ4n) is 2.50. The lowest BCUT2D eigenvalue weighted by Crippen LogP contribution is -2.38. The molecule has 0 spiro atoms. The lowest BCUT2D eigenvalue weighted by molar-refractivity contribution is -0.121. The van der Waals surface area contributed by atoms with Gasteiger partial charge in [0, 0.05) is 30.1 Å². The summed E-state index contributed by atoms with van der Waals surface area (Å²) in [4.78, 5) is 24.6. The van der Waals surface area contributed by atoms with Gasteiger partial charge in [-0.2, -0.15) is 0 Å². The van der Waals surface area contributed by atoms with Crippen LogP contribution >= 0.6 is 23.7 Å². The molecule has 1 saturated heterocycles. The summed E-state index contributed by atoms with van der Waals surface area (Å²) < 4.78 is 1.70. The van der Waals surface area contributed by atoms with Crippen molar-refractivity contribution in [2.75, 3.05) is 19.6 Å². The third-order valence-corrected chi connectivity index (χ3v) is 4.92. The molecule has 2 N–H and O–H groups in total. The van der Waals surface area contributed by atoms with Crippen molar-refractivity contribution in [1.29, 1.82) is 0 Å². The summed E-state index contributed by atoms with van der Waals surface area (Å²) in [5.74, 6) is 0.575. The molecule has 0 saturated carbocycles. The number of rotatable bonds is 5. The van der Waals surface area contributed by atoms with Crippen molar-refractivity contribution < 1.29 is 4.79 Å². The van der Waals surface area contributed by atoms with Crippen LogP contribution in [0.25, 0.3) is 0 Å². The Kier molecular flexibility index (Phi) is 7.42. The first-order chi connectivity index (χ1) is 9.58. The summed E-state index contributed by atoms with van der Waals surface area (Å²) in [7, 11) is 0. The number of hydrogen-bond donors (Lipinski definition) is 2. The molecular formula is C14H24ClN3O2S. The van der Waals surface area contributed by atoms with Crippen LogP contribution in [0.3, 0.4) is 0 Å². The molecule has 120 valence electrons. The summed E-state index contributed by atoms with van der Waals surface area (Å²) in [6, 6.07) is 0. The number of thiazole rings is 1. The molecule has 0 aliphatic carbocycles. The summed E-state index contributed by atoms with van der Waals surface area (Å²) in [5.41, 5.74) is 0.976. The smallest absolute Gasteiger partial charge is 0.307 e. The molecule has 21 heavy (non-hydrogen) atoms. The third kappa shape index (κ3) is 5.13. The van der Waals surface area contributed by atoms with Crippen molar-refractivity contribution in [2.24, 2.45) is 5.92 Å². The van der Waals surface area contributed by atoms with Crippen LogP contribution < -0.4 is 15.5 Å². The molecule has 1 fully saturated rings. The minimum atomic E-state index is 0. The van der Waals surface area contributed by atoms with E-state index >= 15 is 0 Å². The van der Waals surface area contributed by atoms with E-state index in [2.05, 4.69) is 10.6 Å². The van der Waals surface area contributed by atoms with Gasteiger partial charge in [0.05, 0.1) is 0 Å². The summed E-state index contributed by atoms with van der Waals surface area (Å²) in [6.07, 6.45) is 2.73. The maximum atomic E-state index is 11.8. The van der Waals surface area contributed by atoms with Crippen molar-refractivity contribution in [3.05, 3.63) is 20.2 Å². The Morgan fingerprint density at radius 2 is 2.24 bits per heavy atom. The van der Waals surface area contributed by atoms with Crippen molar-refractivity contribution in [3.63, 3.8) is 0 Å². The minimum absolute atomic E-state index is 0. The molecule has 0 aromatic carbocycles. The van der Waals surface area contributed by atoms with Crippen LogP contribution in [-0.4, -0.2) is 30.1 Å². The molecular weight excluding hydrogens is 310 g/mol. The Labute approximate surface area is 135 Å². The molecule has 5 nitrogen and oxygen atoms in total. The zero-order chi connectivity index (χ0) is 14.5. The molecule has 0 radical (unpaired) electrons. The van der Waals surface area contributed by atoms with Crippen LogP contribution in [0, 0.1) is 19.8 Å². The largest absolute Gasteiger partial charge is 0.356 e. The first kappa shape index (κ1) is 18.2. The minimum Gasteiger partial charge on any atom is -0.356 e. The number of nitrogens with one attached hydrogen (secondary N) is 2. The van der Waals surface area contributed by atoms with E-state index in [0.29, 0.717) is 18.9 Å². The number of amides is 1. The van der Waals surface area contributed by atoms with Gasteiger partial charge in [0.25, 0.3) is 0 Å².